The summed E-state index contributed by atoms with van der Waals surface area (Å²) >= 11 is 0. The van der Waals surface area contributed by atoms with Crippen LogP contribution < -0.4 is 10.6 Å². The largest absolute Gasteiger partial charge is 0.337 e. The van der Waals surface area contributed by atoms with E-state index in [1.54, 1.807) is 0 Å². The maximum absolute atomic E-state index is 5.79. The number of hydrogen-bond acceptors (Lipinski definition) is 5. The first kappa shape index (κ1) is 14.2. The summed E-state index contributed by atoms with van der Waals surface area (Å²) in [5, 5.41) is 0. The lowest BCUT2D eigenvalue weighted by Gasteiger charge is -2.27. The fourth-order valence-corrected chi connectivity index (χ4v) is 2.68. The van der Waals surface area contributed by atoms with Crippen molar-refractivity contribution < 1.29 is 0 Å². The van der Waals surface area contributed by atoms with Crippen molar-refractivity contribution in [2.75, 3.05) is 32.1 Å². The molecule has 5 nitrogen and oxygen atoms in total. The molecule has 1 aromatic rings. The highest BCUT2D eigenvalue weighted by atomic mass is 15.3. The Balaban J connectivity index is 2.04. The standard InChI is InChI=1S/C14H25N5/c1-11(15)7-12-8-16-14(17-9-12)19-6-4-5-13(19)10-18(2)3/h8-9,11,13H,4-7,10,15H2,1-3H3. The number of aromatic nitrogens is 2. The molecule has 1 aliphatic heterocycles. The molecule has 1 fully saturated rings. The Hall–Kier alpha value is -1.20. The van der Waals surface area contributed by atoms with Gasteiger partial charge in [0.15, 0.2) is 0 Å². The average Bonchev–Trinajstić information content (AvgIpc) is 2.76. The van der Waals surface area contributed by atoms with E-state index in [9.17, 15) is 0 Å². The maximum Gasteiger partial charge on any atom is 0.225 e. The van der Waals surface area contributed by atoms with Gasteiger partial charge >= 0.3 is 0 Å². The molecule has 19 heavy (non-hydrogen) atoms. The molecule has 0 bridgehead atoms. The van der Waals surface area contributed by atoms with E-state index in [0.717, 1.165) is 31.0 Å². The summed E-state index contributed by atoms with van der Waals surface area (Å²) in [4.78, 5) is 13.6. The van der Waals surface area contributed by atoms with Crippen LogP contribution in [-0.4, -0.2) is 54.1 Å². The minimum Gasteiger partial charge on any atom is -0.337 e. The van der Waals surface area contributed by atoms with Gasteiger partial charge in [-0.15, -0.1) is 0 Å². The fourth-order valence-electron chi connectivity index (χ4n) is 2.68. The van der Waals surface area contributed by atoms with Crippen LogP contribution in [0.4, 0.5) is 5.95 Å². The van der Waals surface area contributed by atoms with Gasteiger partial charge in [0.2, 0.25) is 5.95 Å². The Kier molecular flexibility index (Phi) is 4.71. The molecule has 0 radical (unpaired) electrons. The zero-order valence-corrected chi connectivity index (χ0v) is 12.2. The number of nitrogens with two attached hydrogens (primary N) is 1. The first-order valence-electron chi connectivity index (χ1n) is 7.04. The van der Waals surface area contributed by atoms with Gasteiger partial charge in [-0.1, -0.05) is 0 Å². The van der Waals surface area contributed by atoms with E-state index >= 15 is 0 Å². The highest BCUT2D eigenvalue weighted by molar-refractivity contribution is 5.33. The highest BCUT2D eigenvalue weighted by Crippen LogP contribution is 2.22. The Morgan fingerprint density at radius 1 is 1.42 bits per heavy atom. The molecule has 2 N–H and O–H groups in total. The van der Waals surface area contributed by atoms with Crippen LogP contribution in [0.2, 0.25) is 0 Å². The van der Waals surface area contributed by atoms with Crippen molar-refractivity contribution in [1.82, 2.24) is 14.9 Å². The molecule has 5 heteroatoms. The summed E-state index contributed by atoms with van der Waals surface area (Å²) in [5.74, 6) is 0.859. The van der Waals surface area contributed by atoms with Gasteiger partial charge in [0, 0.05) is 37.6 Å². The minimum absolute atomic E-state index is 0.155. The number of rotatable bonds is 5. The summed E-state index contributed by atoms with van der Waals surface area (Å²) in [6.07, 6.45) is 7.11. The second-order valence-electron chi connectivity index (χ2n) is 5.82. The van der Waals surface area contributed by atoms with E-state index in [4.69, 9.17) is 5.73 Å². The minimum atomic E-state index is 0.155. The molecular weight excluding hydrogens is 238 g/mol. The fraction of sp³-hybridized carbons (Fsp3) is 0.714. The Labute approximate surface area is 115 Å². The van der Waals surface area contributed by atoms with Gasteiger partial charge in [-0.3, -0.25) is 0 Å². The molecule has 1 aliphatic rings. The number of likely N-dealkylation sites (N-methyl/N-ethyl adjacent to an activating group) is 1. The van der Waals surface area contributed by atoms with Crippen molar-refractivity contribution in [1.29, 1.82) is 0 Å². The third kappa shape index (κ3) is 3.88. The molecule has 0 saturated carbocycles. The summed E-state index contributed by atoms with van der Waals surface area (Å²) in [5.41, 5.74) is 6.90. The smallest absolute Gasteiger partial charge is 0.225 e. The lowest BCUT2D eigenvalue weighted by atomic mass is 10.1. The van der Waals surface area contributed by atoms with E-state index < -0.39 is 0 Å². The average molecular weight is 263 g/mol. The van der Waals surface area contributed by atoms with E-state index in [0.29, 0.717) is 6.04 Å². The van der Waals surface area contributed by atoms with Crippen LogP contribution in [0.1, 0.15) is 25.3 Å². The van der Waals surface area contributed by atoms with Crippen LogP contribution in [0.3, 0.4) is 0 Å². The topological polar surface area (TPSA) is 58.3 Å². The van der Waals surface area contributed by atoms with Gasteiger partial charge in [0.25, 0.3) is 0 Å². The Bertz CT molecular complexity index is 387. The van der Waals surface area contributed by atoms with Gasteiger partial charge in [0.05, 0.1) is 0 Å². The number of nitrogens with zero attached hydrogens (tertiary/aromatic N) is 4. The van der Waals surface area contributed by atoms with Crippen LogP contribution in [0.5, 0.6) is 0 Å². The summed E-state index contributed by atoms with van der Waals surface area (Å²) in [6, 6.07) is 0.692. The lowest BCUT2D eigenvalue weighted by molar-refractivity contribution is 0.371. The summed E-state index contributed by atoms with van der Waals surface area (Å²) < 4.78 is 0. The predicted molar refractivity (Wildman–Crippen MR) is 78.3 cm³/mol. The second kappa shape index (κ2) is 6.30. The van der Waals surface area contributed by atoms with Crippen LogP contribution >= 0.6 is 0 Å². The van der Waals surface area contributed by atoms with Gasteiger partial charge in [-0.25, -0.2) is 9.97 Å². The Morgan fingerprint density at radius 3 is 2.68 bits per heavy atom. The summed E-state index contributed by atoms with van der Waals surface area (Å²) in [7, 11) is 4.23. The van der Waals surface area contributed by atoms with Crippen molar-refractivity contribution in [3.8, 4) is 0 Å². The van der Waals surface area contributed by atoms with Crippen LogP contribution in [0.15, 0.2) is 12.4 Å². The quantitative estimate of drug-likeness (QED) is 0.855. The highest BCUT2D eigenvalue weighted by Gasteiger charge is 2.26. The second-order valence-corrected chi connectivity index (χ2v) is 5.82. The first-order valence-corrected chi connectivity index (χ1v) is 7.04. The van der Waals surface area contributed by atoms with Crippen molar-refractivity contribution >= 4 is 5.95 Å². The normalized spacial score (nSPS) is 21.1. The van der Waals surface area contributed by atoms with Gasteiger partial charge in [0.1, 0.15) is 0 Å². The van der Waals surface area contributed by atoms with Crippen LogP contribution in [0.25, 0.3) is 0 Å². The molecule has 2 rings (SSSR count). The molecule has 2 unspecified atom stereocenters. The van der Waals surface area contributed by atoms with Crippen LogP contribution in [-0.2, 0) is 6.42 Å². The van der Waals surface area contributed by atoms with Crippen molar-refractivity contribution in [2.24, 2.45) is 5.73 Å². The van der Waals surface area contributed by atoms with E-state index in [2.05, 4.69) is 33.9 Å². The zero-order chi connectivity index (χ0) is 13.8. The van der Waals surface area contributed by atoms with Crippen molar-refractivity contribution in [3.05, 3.63) is 18.0 Å². The monoisotopic (exact) mass is 263 g/mol. The zero-order valence-electron chi connectivity index (χ0n) is 12.2. The number of anilines is 1. The third-order valence-corrected chi connectivity index (χ3v) is 3.46. The molecule has 0 aromatic carbocycles. The first-order chi connectivity index (χ1) is 9.06. The molecule has 106 valence electrons. The molecule has 1 saturated heterocycles. The SMILES string of the molecule is CC(N)Cc1cnc(N2CCCC2CN(C)C)nc1. The van der Waals surface area contributed by atoms with Crippen molar-refractivity contribution in [3.63, 3.8) is 0 Å². The summed E-state index contributed by atoms with van der Waals surface area (Å²) in [6.45, 7) is 4.12. The van der Waals surface area contributed by atoms with Gasteiger partial charge < -0.3 is 15.5 Å². The molecule has 0 aliphatic carbocycles. The van der Waals surface area contributed by atoms with Crippen molar-refractivity contribution in [2.45, 2.75) is 38.3 Å². The van der Waals surface area contributed by atoms with Gasteiger partial charge in [-0.05, 0) is 45.8 Å². The molecule has 1 aromatic heterocycles. The van der Waals surface area contributed by atoms with E-state index in [1.807, 2.05) is 19.3 Å². The third-order valence-electron chi connectivity index (χ3n) is 3.46. The molecule has 2 atom stereocenters. The maximum atomic E-state index is 5.79. The Morgan fingerprint density at radius 2 is 2.11 bits per heavy atom. The van der Waals surface area contributed by atoms with E-state index in [1.165, 1.54) is 12.8 Å². The molecule has 2 heterocycles. The predicted octanol–water partition coefficient (Wildman–Crippen LogP) is 0.897. The van der Waals surface area contributed by atoms with E-state index in [-0.39, 0.29) is 6.04 Å². The van der Waals surface area contributed by atoms with Crippen LogP contribution in [0, 0.1) is 0 Å². The molecular formula is C14H25N5. The molecule has 0 amide bonds. The molecule has 0 spiro atoms. The lowest BCUT2D eigenvalue weighted by Crippen LogP contribution is -2.38. The number of hydrogen-bond donors (Lipinski definition) is 1. The van der Waals surface area contributed by atoms with Gasteiger partial charge in [-0.2, -0.15) is 0 Å².